The molecule has 0 spiro atoms. The predicted molar refractivity (Wildman–Crippen MR) is 160 cm³/mol. The smallest absolute Gasteiger partial charge is 0.304 e. The summed E-state index contributed by atoms with van der Waals surface area (Å²) in [6, 6.07) is 17.4. The van der Waals surface area contributed by atoms with E-state index in [9.17, 15) is 9.90 Å². The summed E-state index contributed by atoms with van der Waals surface area (Å²) in [6.45, 7) is 9.85. The summed E-state index contributed by atoms with van der Waals surface area (Å²) in [5.41, 5.74) is 9.55. The number of aromatic nitrogens is 3. The van der Waals surface area contributed by atoms with Gasteiger partial charge >= 0.3 is 5.97 Å². The molecule has 9 nitrogen and oxygen atoms in total. The topological polar surface area (TPSA) is 118 Å². The first-order valence-electron chi connectivity index (χ1n) is 14.2. The number of carbonyl (C=O) groups is 2. The Labute approximate surface area is 245 Å². The number of hydrogen-bond acceptors (Lipinski definition) is 6. The van der Waals surface area contributed by atoms with Crippen LogP contribution in [0, 0.1) is 13.8 Å². The summed E-state index contributed by atoms with van der Waals surface area (Å²) in [7, 11) is 1.87. The van der Waals surface area contributed by atoms with E-state index >= 15 is 0 Å². The predicted octanol–water partition coefficient (Wildman–Crippen LogP) is 5.55. The Hall–Kier alpha value is -4.24. The van der Waals surface area contributed by atoms with E-state index in [-0.39, 0.29) is 30.5 Å². The van der Waals surface area contributed by atoms with Gasteiger partial charge in [0.2, 0.25) is 0 Å². The molecule has 0 amide bonds. The molecule has 2 atom stereocenters. The molecule has 2 unspecified atom stereocenters. The number of fused-ring (bicyclic) bond motifs is 3. The fourth-order valence-corrected chi connectivity index (χ4v) is 6.60. The maximum atomic E-state index is 12.1. The zero-order chi connectivity index (χ0) is 30.2. The van der Waals surface area contributed by atoms with Crippen LogP contribution >= 0.6 is 0 Å². The third kappa shape index (κ3) is 5.74. The van der Waals surface area contributed by atoms with Crippen LogP contribution in [0.2, 0.25) is 0 Å². The van der Waals surface area contributed by atoms with Crippen LogP contribution in [0.25, 0.3) is 11.0 Å². The maximum Gasteiger partial charge on any atom is 0.304 e. The Kier molecular flexibility index (Phi) is 8.06. The fourth-order valence-electron chi connectivity index (χ4n) is 6.60. The molecule has 2 aliphatic rings. The highest BCUT2D eigenvalue weighted by Crippen LogP contribution is 2.43. The van der Waals surface area contributed by atoms with Gasteiger partial charge in [-0.05, 0) is 86.1 Å². The van der Waals surface area contributed by atoms with Gasteiger partial charge in [-0.1, -0.05) is 41.6 Å². The van der Waals surface area contributed by atoms with E-state index in [1.54, 1.807) is 4.68 Å². The van der Waals surface area contributed by atoms with E-state index in [1.807, 2.05) is 26.1 Å². The van der Waals surface area contributed by atoms with Crippen molar-refractivity contribution in [3.63, 3.8) is 0 Å². The zero-order valence-electron chi connectivity index (χ0n) is 24.8. The van der Waals surface area contributed by atoms with E-state index in [2.05, 4.69) is 72.4 Å². The van der Waals surface area contributed by atoms with Crippen molar-refractivity contribution in [2.45, 2.75) is 71.1 Å². The second kappa shape index (κ2) is 11.6. The molecule has 1 aliphatic carbocycles. The van der Waals surface area contributed by atoms with E-state index in [0.29, 0.717) is 0 Å². The molecule has 0 radical (unpaired) electrons. The molecule has 1 aliphatic heterocycles. The second-order valence-corrected chi connectivity index (χ2v) is 12.0. The van der Waals surface area contributed by atoms with Crippen LogP contribution in [0.4, 0.5) is 0 Å². The molecule has 0 fully saturated rings. The fraction of sp³-hybridized carbons (Fsp3) is 0.394. The summed E-state index contributed by atoms with van der Waals surface area (Å²) in [5, 5.41) is 25.3. The number of ether oxygens (including phenoxy) is 1. The molecule has 42 heavy (non-hydrogen) atoms. The van der Waals surface area contributed by atoms with Crippen LogP contribution < -0.4 is 4.74 Å². The molecule has 4 aromatic rings. The molecule has 0 bridgehead atoms. The van der Waals surface area contributed by atoms with E-state index in [4.69, 9.17) is 14.6 Å². The molecule has 3 aromatic carbocycles. The highest BCUT2D eigenvalue weighted by Gasteiger charge is 2.36. The minimum atomic E-state index is -0.811. The van der Waals surface area contributed by atoms with E-state index in [0.717, 1.165) is 59.4 Å². The van der Waals surface area contributed by atoms with Crippen molar-refractivity contribution in [2.75, 3.05) is 6.54 Å². The molecular formula is C33H38N4O5. The largest absolute Gasteiger partial charge is 0.486 e. The first-order valence-corrected chi connectivity index (χ1v) is 14.2. The number of benzene rings is 3. The number of hydrogen-bond donors (Lipinski definition) is 2. The monoisotopic (exact) mass is 570 g/mol. The van der Waals surface area contributed by atoms with Crippen LogP contribution in [-0.4, -0.2) is 54.7 Å². The number of rotatable bonds is 5. The highest BCUT2D eigenvalue weighted by atomic mass is 16.5. The summed E-state index contributed by atoms with van der Waals surface area (Å²) >= 11 is 0. The lowest BCUT2D eigenvalue weighted by Crippen LogP contribution is -2.41. The Balaban J connectivity index is 0.00000113. The van der Waals surface area contributed by atoms with Gasteiger partial charge in [-0.3, -0.25) is 14.5 Å². The Morgan fingerprint density at radius 3 is 2.62 bits per heavy atom. The first kappa shape index (κ1) is 29.3. The van der Waals surface area contributed by atoms with Crippen molar-refractivity contribution in [3.8, 4) is 5.75 Å². The molecule has 6 rings (SSSR count). The van der Waals surface area contributed by atoms with Crippen LogP contribution in [0.5, 0.6) is 5.75 Å². The minimum Gasteiger partial charge on any atom is -0.486 e. The Bertz CT molecular complexity index is 1640. The molecule has 9 heteroatoms. The zero-order valence-corrected chi connectivity index (χ0v) is 24.8. The number of aliphatic carboxylic acids is 1. The van der Waals surface area contributed by atoms with E-state index < -0.39 is 5.97 Å². The van der Waals surface area contributed by atoms with Crippen molar-refractivity contribution < 1.29 is 24.5 Å². The number of aryl methyl sites for hydroxylation is 4. The molecule has 2 heterocycles. The third-order valence-corrected chi connectivity index (χ3v) is 8.46. The van der Waals surface area contributed by atoms with Gasteiger partial charge in [0.05, 0.1) is 11.9 Å². The Morgan fingerprint density at radius 1 is 1.14 bits per heavy atom. The molecule has 220 valence electrons. The van der Waals surface area contributed by atoms with Gasteiger partial charge in [0, 0.05) is 37.7 Å². The third-order valence-electron chi connectivity index (χ3n) is 8.46. The quantitative estimate of drug-likeness (QED) is 0.300. The number of carboxylic acid groups (broad SMARTS) is 2. The van der Waals surface area contributed by atoms with Crippen molar-refractivity contribution >= 4 is 23.5 Å². The molecule has 1 aromatic heterocycles. The summed E-state index contributed by atoms with van der Waals surface area (Å²) in [6.07, 6.45) is 2.09. The van der Waals surface area contributed by atoms with E-state index in [1.165, 1.54) is 22.3 Å². The summed E-state index contributed by atoms with van der Waals surface area (Å²) in [5.74, 6) is -0.104. The van der Waals surface area contributed by atoms with Crippen LogP contribution in [0.1, 0.15) is 77.6 Å². The van der Waals surface area contributed by atoms with Crippen molar-refractivity contribution in [2.24, 2.45) is 7.05 Å². The van der Waals surface area contributed by atoms with Gasteiger partial charge < -0.3 is 14.9 Å². The summed E-state index contributed by atoms with van der Waals surface area (Å²) < 4.78 is 8.25. The van der Waals surface area contributed by atoms with Crippen LogP contribution in [-0.2, 0) is 29.6 Å². The summed E-state index contributed by atoms with van der Waals surface area (Å²) in [4.78, 5) is 23.0. The van der Waals surface area contributed by atoms with Crippen LogP contribution in [0.15, 0.2) is 48.5 Å². The van der Waals surface area contributed by atoms with Crippen molar-refractivity contribution in [3.05, 3.63) is 87.5 Å². The number of carboxylic acids is 1. The van der Waals surface area contributed by atoms with Gasteiger partial charge in [-0.2, -0.15) is 0 Å². The number of nitrogens with zero attached hydrogens (tertiary/aromatic N) is 4. The van der Waals surface area contributed by atoms with Gasteiger partial charge in [0.1, 0.15) is 16.9 Å². The average molecular weight is 571 g/mol. The lowest BCUT2D eigenvalue weighted by molar-refractivity contribution is -0.137. The average Bonchev–Trinajstić information content (AvgIpc) is 3.49. The standard InChI is InChI=1S/C32H36N4O3.CH2O2/c1-19-6-7-23-17-36(18-32(3,4)39-29(23)14-19)27-12-10-21-8-9-22(15-26(21)27)25(16-30(37)38)24-11-13-28-31(20(24)2)33-34-35(28)5;2-1-3/h6-9,11,13-15,25,27H,10,12,16-18H2,1-5H3,(H,37,38);1H,(H,2,3). The van der Waals surface area contributed by atoms with Gasteiger partial charge in [-0.25, -0.2) is 4.68 Å². The molecule has 0 saturated heterocycles. The first-order chi connectivity index (χ1) is 20.0. The molecule has 0 saturated carbocycles. The molecular weight excluding hydrogens is 532 g/mol. The lowest BCUT2D eigenvalue weighted by Gasteiger charge is -2.34. The lowest BCUT2D eigenvalue weighted by atomic mass is 9.84. The van der Waals surface area contributed by atoms with Gasteiger partial charge in [0.15, 0.2) is 0 Å². The molecule has 2 N–H and O–H groups in total. The SMILES string of the molecule is Cc1ccc2c(c1)OC(C)(C)CN(C1CCc3ccc(C(CC(=O)O)c4ccc5c(nnn5C)c4C)cc31)C2.O=CO. The van der Waals surface area contributed by atoms with Gasteiger partial charge in [0.25, 0.3) is 6.47 Å². The highest BCUT2D eigenvalue weighted by molar-refractivity contribution is 5.80. The van der Waals surface area contributed by atoms with Crippen LogP contribution in [0.3, 0.4) is 0 Å². The van der Waals surface area contributed by atoms with Crippen molar-refractivity contribution in [1.29, 1.82) is 0 Å². The minimum absolute atomic E-state index is 0.0212. The van der Waals surface area contributed by atoms with Crippen molar-refractivity contribution in [1.82, 2.24) is 19.9 Å². The Morgan fingerprint density at radius 2 is 1.88 bits per heavy atom. The second-order valence-electron chi connectivity index (χ2n) is 12.0. The van der Waals surface area contributed by atoms with Gasteiger partial charge in [-0.15, -0.1) is 5.10 Å². The maximum absolute atomic E-state index is 12.1. The normalized spacial score (nSPS) is 18.2.